The Morgan fingerprint density at radius 1 is 1.33 bits per heavy atom. The second-order valence-corrected chi connectivity index (χ2v) is 4.11. The van der Waals surface area contributed by atoms with Crippen molar-refractivity contribution in [2.24, 2.45) is 5.73 Å². The predicted octanol–water partition coefficient (Wildman–Crippen LogP) is 2.58. The number of nitrogens with two attached hydrogens (primary N) is 1. The molecule has 2 aromatic heterocycles. The first-order valence-corrected chi connectivity index (χ1v) is 6.09. The highest BCUT2D eigenvalue weighted by Crippen LogP contribution is 2.20. The minimum absolute atomic E-state index is 0.386. The maximum atomic E-state index is 5.76. The van der Waals surface area contributed by atoms with Gasteiger partial charge in [0.25, 0.3) is 0 Å². The molecule has 2 N–H and O–H groups in total. The lowest BCUT2D eigenvalue weighted by atomic mass is 10.2. The van der Waals surface area contributed by atoms with Crippen molar-refractivity contribution < 1.29 is 9.15 Å². The van der Waals surface area contributed by atoms with Crippen LogP contribution in [-0.4, -0.2) is 4.98 Å². The molecule has 0 aliphatic rings. The molecule has 0 amide bonds. The second kappa shape index (κ2) is 5.69. The van der Waals surface area contributed by atoms with Crippen molar-refractivity contribution in [2.75, 3.05) is 0 Å². The number of aryl methyl sites for hydroxylation is 2. The van der Waals surface area contributed by atoms with Crippen LogP contribution in [0.25, 0.3) is 0 Å². The molecule has 0 unspecified atom stereocenters. The molecule has 2 heterocycles. The molecule has 0 aliphatic carbocycles. The average Bonchev–Trinajstić information content (AvgIpc) is 2.84. The molecule has 4 nitrogen and oxygen atoms in total. The number of nitrogens with zero attached hydrogens (tertiary/aromatic N) is 1. The van der Waals surface area contributed by atoms with Gasteiger partial charge in [0.05, 0.1) is 12.0 Å². The van der Waals surface area contributed by atoms with Crippen LogP contribution in [0.15, 0.2) is 28.9 Å². The van der Waals surface area contributed by atoms with Gasteiger partial charge in [-0.1, -0.05) is 6.92 Å². The van der Waals surface area contributed by atoms with Crippen LogP contribution < -0.4 is 10.5 Å². The Balaban J connectivity index is 2.10. The van der Waals surface area contributed by atoms with Gasteiger partial charge in [0.1, 0.15) is 18.1 Å². The van der Waals surface area contributed by atoms with Crippen molar-refractivity contribution in [3.05, 3.63) is 47.2 Å². The van der Waals surface area contributed by atoms with E-state index in [1.807, 2.05) is 25.1 Å². The zero-order valence-corrected chi connectivity index (χ0v) is 10.8. The van der Waals surface area contributed by atoms with Crippen LogP contribution in [-0.2, 0) is 19.6 Å². The topological polar surface area (TPSA) is 61.3 Å². The summed E-state index contributed by atoms with van der Waals surface area (Å²) in [6, 6.07) is 5.76. The second-order valence-electron chi connectivity index (χ2n) is 4.11. The average molecular weight is 246 g/mol. The van der Waals surface area contributed by atoms with Crippen molar-refractivity contribution in [2.45, 2.75) is 33.4 Å². The molecule has 0 saturated heterocycles. The molecular weight excluding hydrogens is 228 g/mol. The fourth-order valence-electron chi connectivity index (χ4n) is 1.80. The van der Waals surface area contributed by atoms with E-state index in [0.29, 0.717) is 13.2 Å². The fourth-order valence-corrected chi connectivity index (χ4v) is 1.80. The first-order valence-electron chi connectivity index (χ1n) is 6.09. The van der Waals surface area contributed by atoms with E-state index in [1.54, 1.807) is 6.26 Å². The van der Waals surface area contributed by atoms with Crippen LogP contribution in [0.2, 0.25) is 0 Å². The molecule has 0 bridgehead atoms. The van der Waals surface area contributed by atoms with E-state index in [0.717, 1.165) is 34.9 Å². The third-order valence-electron chi connectivity index (χ3n) is 2.82. The molecule has 0 atom stereocenters. The van der Waals surface area contributed by atoms with Crippen LogP contribution in [0.5, 0.6) is 5.75 Å². The number of aromatic nitrogens is 1. The van der Waals surface area contributed by atoms with Gasteiger partial charge in [-0.3, -0.25) is 4.98 Å². The first-order chi connectivity index (χ1) is 8.74. The summed E-state index contributed by atoms with van der Waals surface area (Å²) in [6.07, 6.45) is 2.48. The summed E-state index contributed by atoms with van der Waals surface area (Å²) in [6.45, 7) is 4.88. The lowest BCUT2D eigenvalue weighted by Crippen LogP contribution is -2.04. The number of ether oxygens (including phenoxy) is 1. The summed E-state index contributed by atoms with van der Waals surface area (Å²) in [4.78, 5) is 4.45. The summed E-state index contributed by atoms with van der Waals surface area (Å²) in [5, 5.41) is 0. The van der Waals surface area contributed by atoms with E-state index in [1.165, 1.54) is 0 Å². The maximum Gasteiger partial charge on any atom is 0.146 e. The van der Waals surface area contributed by atoms with E-state index in [-0.39, 0.29) is 0 Å². The Hall–Kier alpha value is -1.81. The Labute approximate surface area is 107 Å². The van der Waals surface area contributed by atoms with Crippen molar-refractivity contribution in [3.63, 3.8) is 0 Å². The van der Waals surface area contributed by atoms with Crippen LogP contribution in [0.1, 0.15) is 29.6 Å². The van der Waals surface area contributed by atoms with Gasteiger partial charge in [0.15, 0.2) is 0 Å². The first kappa shape index (κ1) is 12.6. The van der Waals surface area contributed by atoms with Crippen molar-refractivity contribution >= 4 is 0 Å². The van der Waals surface area contributed by atoms with Crippen LogP contribution in [0.4, 0.5) is 0 Å². The third kappa shape index (κ3) is 2.71. The zero-order chi connectivity index (χ0) is 13.0. The van der Waals surface area contributed by atoms with Gasteiger partial charge in [-0.2, -0.15) is 0 Å². The summed E-state index contributed by atoms with van der Waals surface area (Å²) >= 11 is 0. The van der Waals surface area contributed by atoms with Crippen LogP contribution >= 0.6 is 0 Å². The molecule has 0 aromatic carbocycles. The molecule has 0 spiro atoms. The van der Waals surface area contributed by atoms with E-state index in [4.69, 9.17) is 14.9 Å². The van der Waals surface area contributed by atoms with Crippen molar-refractivity contribution in [1.29, 1.82) is 0 Å². The lowest BCUT2D eigenvalue weighted by molar-refractivity contribution is 0.265. The van der Waals surface area contributed by atoms with Gasteiger partial charge in [0, 0.05) is 17.8 Å². The Kier molecular flexibility index (Phi) is 3.99. The molecule has 2 rings (SSSR count). The third-order valence-corrected chi connectivity index (χ3v) is 2.82. The lowest BCUT2D eigenvalue weighted by Gasteiger charge is -2.09. The number of rotatable bonds is 5. The minimum Gasteiger partial charge on any atom is -0.484 e. The smallest absolute Gasteiger partial charge is 0.146 e. The molecule has 96 valence electrons. The SMILES string of the molecule is CCc1nc(C)ccc1OCc1occc1CN. The zero-order valence-electron chi connectivity index (χ0n) is 10.8. The molecule has 0 saturated carbocycles. The fraction of sp³-hybridized carbons (Fsp3) is 0.357. The van der Waals surface area contributed by atoms with E-state index in [9.17, 15) is 0 Å². The molecule has 0 radical (unpaired) electrons. The predicted molar refractivity (Wildman–Crippen MR) is 69.3 cm³/mol. The summed E-state index contributed by atoms with van der Waals surface area (Å²) in [5.41, 5.74) is 8.56. The maximum absolute atomic E-state index is 5.76. The molecule has 0 fully saturated rings. The van der Waals surface area contributed by atoms with Gasteiger partial charge in [-0.25, -0.2) is 0 Å². The summed E-state index contributed by atoms with van der Waals surface area (Å²) in [5.74, 6) is 1.59. The van der Waals surface area contributed by atoms with Gasteiger partial charge < -0.3 is 14.9 Å². The van der Waals surface area contributed by atoms with Crippen molar-refractivity contribution in [1.82, 2.24) is 4.98 Å². The number of hydrogen-bond acceptors (Lipinski definition) is 4. The van der Waals surface area contributed by atoms with E-state index < -0.39 is 0 Å². The van der Waals surface area contributed by atoms with E-state index >= 15 is 0 Å². The number of hydrogen-bond donors (Lipinski definition) is 1. The van der Waals surface area contributed by atoms with Gasteiger partial charge in [0.2, 0.25) is 0 Å². The summed E-state index contributed by atoms with van der Waals surface area (Å²) < 4.78 is 11.1. The standard InChI is InChI=1S/C14H18N2O2/c1-3-12-13(5-4-10(2)16-12)18-9-14-11(8-15)6-7-17-14/h4-7H,3,8-9,15H2,1-2H3. The van der Waals surface area contributed by atoms with Gasteiger partial charge in [-0.15, -0.1) is 0 Å². The minimum atomic E-state index is 0.386. The highest BCUT2D eigenvalue weighted by Gasteiger charge is 2.08. The Morgan fingerprint density at radius 3 is 2.89 bits per heavy atom. The molecule has 0 aliphatic heterocycles. The van der Waals surface area contributed by atoms with E-state index in [2.05, 4.69) is 11.9 Å². The molecule has 4 heteroatoms. The molecular formula is C14H18N2O2. The van der Waals surface area contributed by atoms with Crippen LogP contribution in [0.3, 0.4) is 0 Å². The molecule has 18 heavy (non-hydrogen) atoms. The normalized spacial score (nSPS) is 10.6. The molecule has 2 aromatic rings. The van der Waals surface area contributed by atoms with Gasteiger partial charge in [-0.05, 0) is 31.5 Å². The number of furan rings is 1. The quantitative estimate of drug-likeness (QED) is 0.880. The largest absolute Gasteiger partial charge is 0.484 e. The van der Waals surface area contributed by atoms with Crippen LogP contribution in [0, 0.1) is 6.92 Å². The highest BCUT2D eigenvalue weighted by molar-refractivity contribution is 5.29. The monoisotopic (exact) mass is 246 g/mol. The Bertz CT molecular complexity index is 520. The highest BCUT2D eigenvalue weighted by atomic mass is 16.5. The number of pyridine rings is 1. The Morgan fingerprint density at radius 2 is 2.17 bits per heavy atom. The van der Waals surface area contributed by atoms with Crippen molar-refractivity contribution in [3.8, 4) is 5.75 Å². The summed E-state index contributed by atoms with van der Waals surface area (Å²) in [7, 11) is 0. The van der Waals surface area contributed by atoms with Gasteiger partial charge >= 0.3 is 0 Å².